The number of aryl methyl sites for hydroxylation is 1. The topological polar surface area (TPSA) is 39.4 Å². The van der Waals surface area contributed by atoms with Crippen LogP contribution in [0.2, 0.25) is 0 Å². The van der Waals surface area contributed by atoms with E-state index < -0.39 is 0 Å². The molecule has 0 aromatic carbocycles. The van der Waals surface area contributed by atoms with Crippen LogP contribution in [-0.2, 0) is 4.74 Å². The van der Waals surface area contributed by atoms with Crippen molar-refractivity contribution in [1.82, 2.24) is 0 Å². The quantitative estimate of drug-likeness (QED) is 0.750. The van der Waals surface area contributed by atoms with Crippen LogP contribution in [-0.4, -0.2) is 13.1 Å². The van der Waals surface area contributed by atoms with Crippen molar-refractivity contribution >= 4 is 17.3 Å². The summed E-state index contributed by atoms with van der Waals surface area (Å²) in [5.41, 5.74) is 1.37. The molecule has 0 bridgehead atoms. The Morgan fingerprint density at radius 2 is 2.19 bits per heavy atom. The van der Waals surface area contributed by atoms with Crippen LogP contribution in [0, 0.1) is 13.8 Å². The number of thiophene rings is 1. The molecule has 2 aromatic heterocycles. The summed E-state index contributed by atoms with van der Waals surface area (Å²) in [5.74, 6) is 1.02. The summed E-state index contributed by atoms with van der Waals surface area (Å²) in [6.45, 7) is 3.65. The molecule has 2 rings (SSSR count). The lowest BCUT2D eigenvalue weighted by atomic mass is 10.1. The van der Waals surface area contributed by atoms with Gasteiger partial charge in [0.15, 0.2) is 0 Å². The van der Waals surface area contributed by atoms with Crippen LogP contribution in [0.25, 0.3) is 10.6 Å². The lowest BCUT2D eigenvalue weighted by Gasteiger charge is -1.97. The number of methoxy groups -OCH3 is 1. The first-order chi connectivity index (χ1) is 7.65. The number of esters is 1. The molecule has 0 N–H and O–H groups in total. The van der Waals surface area contributed by atoms with Crippen molar-refractivity contribution in [3.05, 3.63) is 34.4 Å². The molecule has 0 amide bonds. The first-order valence-corrected chi connectivity index (χ1v) is 5.75. The molecule has 16 heavy (non-hydrogen) atoms. The molecule has 0 unspecified atom stereocenters. The Hall–Kier alpha value is -1.55. The molecule has 0 aliphatic heterocycles. The fourth-order valence-corrected chi connectivity index (χ4v) is 2.46. The first kappa shape index (κ1) is 11.0. The zero-order valence-corrected chi connectivity index (χ0v) is 10.2. The van der Waals surface area contributed by atoms with Gasteiger partial charge in [0.2, 0.25) is 0 Å². The average molecular weight is 236 g/mol. The van der Waals surface area contributed by atoms with Crippen molar-refractivity contribution in [2.45, 2.75) is 13.8 Å². The second kappa shape index (κ2) is 4.14. The van der Waals surface area contributed by atoms with Crippen LogP contribution in [0.5, 0.6) is 0 Å². The van der Waals surface area contributed by atoms with Crippen LogP contribution < -0.4 is 0 Å². The van der Waals surface area contributed by atoms with E-state index in [0.29, 0.717) is 11.3 Å². The highest BCUT2D eigenvalue weighted by atomic mass is 32.1. The summed E-state index contributed by atoms with van der Waals surface area (Å²) in [4.78, 5) is 12.6. The molecule has 0 spiro atoms. The molecular weight excluding hydrogens is 224 g/mol. The number of furan rings is 1. The highest BCUT2D eigenvalue weighted by Crippen LogP contribution is 2.33. The smallest absolute Gasteiger partial charge is 0.341 e. The summed E-state index contributed by atoms with van der Waals surface area (Å²) in [6, 6.07) is 3.92. The summed E-state index contributed by atoms with van der Waals surface area (Å²) >= 11 is 1.59. The SMILES string of the molecule is COC(=O)c1c(C)oc(-c2cccs2)c1C. The number of carbonyl (C=O) groups excluding carboxylic acids is 1. The summed E-state index contributed by atoms with van der Waals surface area (Å²) in [7, 11) is 1.37. The minimum absolute atomic E-state index is 0.346. The standard InChI is InChI=1S/C12H12O3S/c1-7-10(12(13)14-3)8(2)15-11(7)9-5-4-6-16-9/h4-6H,1-3H3. The van der Waals surface area contributed by atoms with E-state index >= 15 is 0 Å². The van der Waals surface area contributed by atoms with E-state index in [2.05, 4.69) is 0 Å². The number of carbonyl (C=O) groups is 1. The highest BCUT2D eigenvalue weighted by Gasteiger charge is 2.22. The van der Waals surface area contributed by atoms with Crippen molar-refractivity contribution in [1.29, 1.82) is 0 Å². The monoisotopic (exact) mass is 236 g/mol. The van der Waals surface area contributed by atoms with Gasteiger partial charge in [0.1, 0.15) is 17.1 Å². The Morgan fingerprint density at radius 3 is 2.75 bits per heavy atom. The largest absolute Gasteiger partial charge is 0.465 e. The second-order valence-electron chi connectivity index (χ2n) is 3.46. The Kier molecular flexibility index (Phi) is 2.83. The molecule has 0 radical (unpaired) electrons. The van der Waals surface area contributed by atoms with E-state index in [1.54, 1.807) is 18.3 Å². The van der Waals surface area contributed by atoms with Gasteiger partial charge in [0.25, 0.3) is 0 Å². The zero-order valence-electron chi connectivity index (χ0n) is 9.37. The highest BCUT2D eigenvalue weighted by molar-refractivity contribution is 7.13. The van der Waals surface area contributed by atoms with E-state index in [-0.39, 0.29) is 5.97 Å². The maximum absolute atomic E-state index is 11.6. The van der Waals surface area contributed by atoms with Gasteiger partial charge in [-0.1, -0.05) is 6.07 Å². The number of ether oxygens (including phenoxy) is 1. The fraction of sp³-hybridized carbons (Fsp3) is 0.250. The minimum Gasteiger partial charge on any atom is -0.465 e. The van der Waals surface area contributed by atoms with E-state index in [4.69, 9.17) is 9.15 Å². The van der Waals surface area contributed by atoms with Gasteiger partial charge >= 0.3 is 5.97 Å². The van der Waals surface area contributed by atoms with Gasteiger partial charge in [-0.25, -0.2) is 4.79 Å². The van der Waals surface area contributed by atoms with Gasteiger partial charge in [0, 0.05) is 5.56 Å². The van der Waals surface area contributed by atoms with E-state index in [0.717, 1.165) is 16.2 Å². The van der Waals surface area contributed by atoms with Crippen molar-refractivity contribution in [3.8, 4) is 10.6 Å². The Morgan fingerprint density at radius 1 is 1.44 bits per heavy atom. The van der Waals surface area contributed by atoms with Crippen LogP contribution in [0.4, 0.5) is 0 Å². The second-order valence-corrected chi connectivity index (χ2v) is 4.40. The number of hydrogen-bond acceptors (Lipinski definition) is 4. The third-order valence-electron chi connectivity index (χ3n) is 2.46. The lowest BCUT2D eigenvalue weighted by molar-refractivity contribution is 0.0598. The first-order valence-electron chi connectivity index (χ1n) is 4.87. The zero-order chi connectivity index (χ0) is 11.7. The Balaban J connectivity index is 2.55. The maximum atomic E-state index is 11.6. The Bertz CT molecular complexity index is 509. The molecular formula is C12H12O3S. The summed E-state index contributed by atoms with van der Waals surface area (Å²) in [5, 5.41) is 1.98. The van der Waals surface area contributed by atoms with Crippen molar-refractivity contribution in [2.75, 3.05) is 7.11 Å². The fourth-order valence-electron chi connectivity index (χ4n) is 1.70. The molecule has 3 nitrogen and oxygen atoms in total. The van der Waals surface area contributed by atoms with Crippen LogP contribution in [0.15, 0.2) is 21.9 Å². The van der Waals surface area contributed by atoms with E-state index in [1.165, 1.54) is 7.11 Å². The summed E-state index contributed by atoms with van der Waals surface area (Å²) in [6.07, 6.45) is 0. The van der Waals surface area contributed by atoms with Crippen molar-refractivity contribution in [2.24, 2.45) is 0 Å². The third kappa shape index (κ3) is 1.65. The lowest BCUT2D eigenvalue weighted by Crippen LogP contribution is -2.03. The van der Waals surface area contributed by atoms with Crippen LogP contribution >= 0.6 is 11.3 Å². The molecule has 0 saturated carbocycles. The van der Waals surface area contributed by atoms with Gasteiger partial charge in [0.05, 0.1) is 12.0 Å². The third-order valence-corrected chi connectivity index (χ3v) is 3.33. The predicted octanol–water partition coefficient (Wildman–Crippen LogP) is 3.41. The van der Waals surface area contributed by atoms with E-state index in [9.17, 15) is 4.79 Å². The molecule has 4 heteroatoms. The van der Waals surface area contributed by atoms with Crippen molar-refractivity contribution < 1.29 is 13.9 Å². The molecule has 0 fully saturated rings. The average Bonchev–Trinajstić information content (AvgIpc) is 2.86. The predicted molar refractivity (Wildman–Crippen MR) is 62.8 cm³/mol. The van der Waals surface area contributed by atoms with Gasteiger partial charge in [-0.15, -0.1) is 11.3 Å². The minimum atomic E-state index is -0.346. The molecule has 0 aliphatic rings. The summed E-state index contributed by atoms with van der Waals surface area (Å²) < 4.78 is 10.4. The van der Waals surface area contributed by atoms with Crippen LogP contribution in [0.3, 0.4) is 0 Å². The van der Waals surface area contributed by atoms with Crippen molar-refractivity contribution in [3.63, 3.8) is 0 Å². The van der Waals surface area contributed by atoms with Gasteiger partial charge in [-0.2, -0.15) is 0 Å². The molecule has 0 atom stereocenters. The molecule has 2 aromatic rings. The Labute approximate surface area is 97.7 Å². The number of rotatable bonds is 2. The molecule has 84 valence electrons. The van der Waals surface area contributed by atoms with Gasteiger partial charge in [-0.05, 0) is 25.3 Å². The normalized spacial score (nSPS) is 10.4. The van der Waals surface area contributed by atoms with Gasteiger partial charge < -0.3 is 9.15 Å². The van der Waals surface area contributed by atoms with E-state index in [1.807, 2.05) is 24.4 Å². The number of hydrogen-bond donors (Lipinski definition) is 0. The van der Waals surface area contributed by atoms with Gasteiger partial charge in [-0.3, -0.25) is 0 Å². The molecule has 0 saturated heterocycles. The maximum Gasteiger partial charge on any atom is 0.341 e. The van der Waals surface area contributed by atoms with Crippen LogP contribution in [0.1, 0.15) is 21.7 Å². The molecule has 2 heterocycles. The molecule has 0 aliphatic carbocycles.